The number of ketones is 1. The van der Waals surface area contributed by atoms with E-state index >= 15 is 0 Å². The van der Waals surface area contributed by atoms with Crippen molar-refractivity contribution in [2.75, 3.05) is 6.61 Å². The molecule has 6 nitrogen and oxygen atoms in total. The van der Waals surface area contributed by atoms with E-state index in [1.807, 2.05) is 22.9 Å². The fourth-order valence-corrected chi connectivity index (χ4v) is 4.67. The van der Waals surface area contributed by atoms with Gasteiger partial charge in [0.15, 0.2) is 16.6 Å². The first-order valence-electron chi connectivity index (χ1n) is 9.68. The molecule has 2 aliphatic rings. The third kappa shape index (κ3) is 3.21. The summed E-state index contributed by atoms with van der Waals surface area (Å²) in [4.78, 5) is 22.0. The summed E-state index contributed by atoms with van der Waals surface area (Å²) >= 11 is 1.66. The largest absolute Gasteiger partial charge is 0.492 e. The highest BCUT2D eigenvalue weighted by Crippen LogP contribution is 2.41. The first-order chi connectivity index (χ1) is 14.1. The lowest BCUT2D eigenvalue weighted by atomic mass is 9.97. The number of thiazole rings is 1. The Labute approximate surface area is 172 Å². The van der Waals surface area contributed by atoms with Crippen LogP contribution in [0.2, 0.25) is 0 Å². The molecule has 0 fully saturated rings. The standard InChI is InChI=1S/C22H20N4O2S/c1-13(2)26-21(23-12-24-26)22-25-20-17-8-5-15(14-3-6-16(27)7-4-14)11-18(17)28-10-9-19(20)29-22/h3-6,8,11-13H,7,9-10H2,1-2H3. The predicted octanol–water partition coefficient (Wildman–Crippen LogP) is 4.50. The molecule has 29 heavy (non-hydrogen) atoms. The van der Waals surface area contributed by atoms with Gasteiger partial charge in [-0.2, -0.15) is 5.10 Å². The number of benzene rings is 1. The summed E-state index contributed by atoms with van der Waals surface area (Å²) in [6, 6.07) is 6.40. The molecular weight excluding hydrogens is 384 g/mol. The van der Waals surface area contributed by atoms with E-state index in [-0.39, 0.29) is 11.8 Å². The first kappa shape index (κ1) is 18.0. The zero-order valence-electron chi connectivity index (χ0n) is 16.3. The molecular formula is C22H20N4O2S. The van der Waals surface area contributed by atoms with Gasteiger partial charge in [-0.3, -0.25) is 4.79 Å². The Kier molecular flexibility index (Phi) is 4.39. The predicted molar refractivity (Wildman–Crippen MR) is 113 cm³/mol. The Morgan fingerprint density at radius 2 is 2.14 bits per heavy atom. The van der Waals surface area contributed by atoms with Crippen molar-refractivity contribution in [2.24, 2.45) is 0 Å². The summed E-state index contributed by atoms with van der Waals surface area (Å²) in [6.45, 7) is 4.78. The number of allylic oxidation sites excluding steroid dienone is 4. The van der Waals surface area contributed by atoms with E-state index in [0.717, 1.165) is 45.4 Å². The number of carbonyl (C=O) groups excluding carboxylic acids is 1. The van der Waals surface area contributed by atoms with Crippen molar-refractivity contribution in [1.29, 1.82) is 0 Å². The smallest absolute Gasteiger partial charge is 0.187 e. The molecule has 0 N–H and O–H groups in total. The van der Waals surface area contributed by atoms with Crippen LogP contribution in [0, 0.1) is 0 Å². The maximum atomic E-state index is 11.4. The maximum absolute atomic E-state index is 11.4. The van der Waals surface area contributed by atoms with E-state index in [4.69, 9.17) is 9.72 Å². The summed E-state index contributed by atoms with van der Waals surface area (Å²) < 4.78 is 7.95. The molecule has 3 heterocycles. The molecule has 0 atom stereocenters. The summed E-state index contributed by atoms with van der Waals surface area (Å²) in [7, 11) is 0. The van der Waals surface area contributed by atoms with Crippen LogP contribution in [-0.2, 0) is 11.2 Å². The molecule has 2 aromatic heterocycles. The number of ether oxygens (including phenoxy) is 1. The minimum atomic E-state index is 0.133. The minimum Gasteiger partial charge on any atom is -0.492 e. The molecule has 0 saturated heterocycles. The summed E-state index contributed by atoms with van der Waals surface area (Å²) in [6.07, 6.45) is 8.31. The van der Waals surface area contributed by atoms with Crippen molar-refractivity contribution in [3.8, 4) is 27.8 Å². The Balaban J connectivity index is 1.56. The van der Waals surface area contributed by atoms with E-state index in [0.29, 0.717) is 13.0 Å². The molecule has 7 heteroatoms. The van der Waals surface area contributed by atoms with Gasteiger partial charge in [0.25, 0.3) is 0 Å². The third-order valence-corrected chi connectivity index (χ3v) is 6.19. The van der Waals surface area contributed by atoms with Gasteiger partial charge >= 0.3 is 0 Å². The van der Waals surface area contributed by atoms with Crippen LogP contribution in [0.1, 0.15) is 36.8 Å². The van der Waals surface area contributed by atoms with Gasteiger partial charge in [-0.25, -0.2) is 14.6 Å². The molecule has 5 rings (SSSR count). The molecule has 0 amide bonds. The van der Waals surface area contributed by atoms with Crippen molar-refractivity contribution in [3.63, 3.8) is 0 Å². The van der Waals surface area contributed by atoms with Crippen LogP contribution < -0.4 is 4.74 Å². The fraction of sp³-hybridized carbons (Fsp3) is 0.273. The number of carbonyl (C=O) groups is 1. The molecule has 146 valence electrons. The number of aromatic nitrogens is 4. The van der Waals surface area contributed by atoms with Crippen LogP contribution in [0.5, 0.6) is 5.75 Å². The molecule has 0 radical (unpaired) electrons. The van der Waals surface area contributed by atoms with Crippen LogP contribution >= 0.6 is 11.3 Å². The van der Waals surface area contributed by atoms with Gasteiger partial charge < -0.3 is 4.74 Å². The van der Waals surface area contributed by atoms with Crippen molar-refractivity contribution >= 4 is 22.7 Å². The molecule has 0 bridgehead atoms. The highest BCUT2D eigenvalue weighted by atomic mass is 32.1. The van der Waals surface area contributed by atoms with Gasteiger partial charge in [0.1, 0.15) is 12.1 Å². The summed E-state index contributed by atoms with van der Waals surface area (Å²) in [5, 5.41) is 5.22. The molecule has 0 unspecified atom stereocenters. The molecule has 1 aliphatic carbocycles. The highest BCUT2D eigenvalue weighted by molar-refractivity contribution is 7.15. The van der Waals surface area contributed by atoms with Crippen molar-refractivity contribution in [3.05, 3.63) is 53.2 Å². The second-order valence-corrected chi connectivity index (χ2v) is 8.47. The monoisotopic (exact) mass is 404 g/mol. The average Bonchev–Trinajstić information content (AvgIpc) is 3.33. The van der Waals surface area contributed by atoms with Gasteiger partial charge in [0.2, 0.25) is 0 Å². The third-order valence-electron chi connectivity index (χ3n) is 5.08. The minimum absolute atomic E-state index is 0.133. The normalized spacial score (nSPS) is 15.6. The number of hydrogen-bond acceptors (Lipinski definition) is 6. The fourth-order valence-electron chi connectivity index (χ4n) is 3.62. The van der Waals surface area contributed by atoms with E-state index < -0.39 is 0 Å². The SMILES string of the molecule is CC(C)n1ncnc1-c1nc2c(s1)CCOc1cc(C3=CCC(=O)C=C3)ccc1-2. The molecule has 1 aliphatic heterocycles. The zero-order valence-corrected chi connectivity index (χ0v) is 17.1. The second kappa shape index (κ2) is 7.08. The first-order valence-corrected chi connectivity index (χ1v) is 10.5. The van der Waals surface area contributed by atoms with Gasteiger partial charge in [0, 0.05) is 29.3 Å². The Morgan fingerprint density at radius 3 is 2.93 bits per heavy atom. The molecule has 0 saturated carbocycles. The van der Waals surface area contributed by atoms with Crippen molar-refractivity contribution in [2.45, 2.75) is 32.7 Å². The molecule has 1 aromatic carbocycles. The van der Waals surface area contributed by atoms with Crippen molar-refractivity contribution < 1.29 is 9.53 Å². The average molecular weight is 404 g/mol. The van der Waals surface area contributed by atoms with E-state index in [1.54, 1.807) is 23.7 Å². The lowest BCUT2D eigenvalue weighted by molar-refractivity contribution is -0.113. The van der Waals surface area contributed by atoms with E-state index in [1.165, 1.54) is 4.88 Å². The van der Waals surface area contributed by atoms with Crippen LogP contribution in [0.4, 0.5) is 0 Å². The highest BCUT2D eigenvalue weighted by Gasteiger charge is 2.24. The van der Waals surface area contributed by atoms with Gasteiger partial charge in [0.05, 0.1) is 12.3 Å². The summed E-state index contributed by atoms with van der Waals surface area (Å²) in [5.41, 5.74) is 4.05. The van der Waals surface area contributed by atoms with Gasteiger partial charge in [-0.1, -0.05) is 18.2 Å². The second-order valence-electron chi connectivity index (χ2n) is 7.39. The lowest BCUT2D eigenvalue weighted by Gasteiger charge is -2.12. The molecule has 0 spiro atoms. The lowest BCUT2D eigenvalue weighted by Crippen LogP contribution is -2.04. The van der Waals surface area contributed by atoms with Gasteiger partial charge in [-0.05, 0) is 43.2 Å². The Hall–Kier alpha value is -3.06. The number of hydrogen-bond donors (Lipinski definition) is 0. The van der Waals surface area contributed by atoms with Crippen molar-refractivity contribution in [1.82, 2.24) is 19.7 Å². The van der Waals surface area contributed by atoms with Crippen LogP contribution in [-0.4, -0.2) is 32.1 Å². The van der Waals surface area contributed by atoms with Crippen LogP contribution in [0.25, 0.3) is 27.7 Å². The number of nitrogens with zero attached hydrogens (tertiary/aromatic N) is 4. The number of fused-ring (bicyclic) bond motifs is 3. The summed E-state index contributed by atoms with van der Waals surface area (Å²) in [5.74, 6) is 1.77. The topological polar surface area (TPSA) is 69.9 Å². The Morgan fingerprint density at radius 1 is 1.24 bits per heavy atom. The van der Waals surface area contributed by atoms with E-state index in [2.05, 4.69) is 36.1 Å². The number of rotatable bonds is 3. The quantitative estimate of drug-likeness (QED) is 0.643. The van der Waals surface area contributed by atoms with E-state index in [9.17, 15) is 4.79 Å². The maximum Gasteiger partial charge on any atom is 0.187 e. The zero-order chi connectivity index (χ0) is 20.0. The Bertz CT molecular complexity index is 1170. The molecule has 3 aromatic rings. The van der Waals surface area contributed by atoms with Crippen LogP contribution in [0.15, 0.2) is 42.8 Å². The van der Waals surface area contributed by atoms with Crippen LogP contribution in [0.3, 0.4) is 0 Å². The van der Waals surface area contributed by atoms with Gasteiger partial charge in [-0.15, -0.1) is 11.3 Å².